The Morgan fingerprint density at radius 1 is 0.920 bits per heavy atom. The molecule has 0 bridgehead atoms. The lowest BCUT2D eigenvalue weighted by molar-refractivity contribution is 0.102. The Kier molecular flexibility index (Phi) is 5.11. The van der Waals surface area contributed by atoms with Crippen molar-refractivity contribution in [3.8, 4) is 5.75 Å². The predicted octanol–water partition coefficient (Wildman–Crippen LogP) is 4.26. The van der Waals surface area contributed by atoms with Gasteiger partial charge in [0, 0.05) is 11.8 Å². The smallest absolute Gasteiger partial charge is 0.265 e. The molecule has 0 fully saturated rings. The minimum absolute atomic E-state index is 0.239. The van der Waals surface area contributed by atoms with Crippen LogP contribution in [-0.4, -0.2) is 18.9 Å². The number of carbonyl (C=O) groups is 2. The molecule has 0 aliphatic rings. The SMILES string of the molecule is COc1cccc(NC(=O)c2ccccc2NC(=O)c2cccs2)c1. The van der Waals surface area contributed by atoms with Gasteiger partial charge in [-0.05, 0) is 35.7 Å². The maximum Gasteiger partial charge on any atom is 0.265 e. The highest BCUT2D eigenvalue weighted by Crippen LogP contribution is 2.21. The molecule has 1 aromatic heterocycles. The zero-order valence-corrected chi connectivity index (χ0v) is 14.3. The predicted molar refractivity (Wildman–Crippen MR) is 99.7 cm³/mol. The van der Waals surface area contributed by atoms with E-state index in [1.54, 1.807) is 67.8 Å². The van der Waals surface area contributed by atoms with E-state index in [-0.39, 0.29) is 11.8 Å². The van der Waals surface area contributed by atoms with Crippen LogP contribution in [0.5, 0.6) is 5.75 Å². The number of para-hydroxylation sites is 1. The molecule has 5 nitrogen and oxygen atoms in total. The first-order valence-corrected chi connectivity index (χ1v) is 8.44. The molecule has 0 spiro atoms. The van der Waals surface area contributed by atoms with E-state index in [2.05, 4.69) is 10.6 Å². The van der Waals surface area contributed by atoms with Crippen LogP contribution in [0, 0.1) is 0 Å². The van der Waals surface area contributed by atoms with E-state index in [4.69, 9.17) is 4.74 Å². The molecule has 0 radical (unpaired) electrons. The van der Waals surface area contributed by atoms with Crippen molar-refractivity contribution in [2.75, 3.05) is 17.7 Å². The summed E-state index contributed by atoms with van der Waals surface area (Å²) < 4.78 is 5.15. The van der Waals surface area contributed by atoms with Crippen LogP contribution in [0.2, 0.25) is 0 Å². The van der Waals surface area contributed by atoms with E-state index in [0.717, 1.165) is 0 Å². The van der Waals surface area contributed by atoms with Crippen LogP contribution in [0.15, 0.2) is 66.0 Å². The molecule has 0 saturated carbocycles. The second-order valence-corrected chi connectivity index (χ2v) is 6.11. The Morgan fingerprint density at radius 3 is 2.52 bits per heavy atom. The maximum atomic E-state index is 12.6. The number of amides is 2. The molecule has 25 heavy (non-hydrogen) atoms. The fourth-order valence-electron chi connectivity index (χ4n) is 2.28. The van der Waals surface area contributed by atoms with Gasteiger partial charge in [0.05, 0.1) is 23.2 Å². The molecular weight excluding hydrogens is 336 g/mol. The van der Waals surface area contributed by atoms with Crippen molar-refractivity contribution < 1.29 is 14.3 Å². The van der Waals surface area contributed by atoms with Gasteiger partial charge in [-0.15, -0.1) is 11.3 Å². The Hall–Kier alpha value is -3.12. The van der Waals surface area contributed by atoms with E-state index in [1.165, 1.54) is 11.3 Å². The van der Waals surface area contributed by atoms with Crippen molar-refractivity contribution >= 4 is 34.5 Å². The summed E-state index contributed by atoms with van der Waals surface area (Å²) in [5, 5.41) is 7.43. The number of hydrogen-bond donors (Lipinski definition) is 2. The van der Waals surface area contributed by atoms with Crippen molar-refractivity contribution in [3.05, 3.63) is 76.5 Å². The number of benzene rings is 2. The number of methoxy groups -OCH3 is 1. The minimum atomic E-state index is -0.310. The highest BCUT2D eigenvalue weighted by atomic mass is 32.1. The monoisotopic (exact) mass is 352 g/mol. The van der Waals surface area contributed by atoms with Crippen molar-refractivity contribution in [2.45, 2.75) is 0 Å². The van der Waals surface area contributed by atoms with Gasteiger partial charge >= 0.3 is 0 Å². The van der Waals surface area contributed by atoms with Gasteiger partial charge < -0.3 is 15.4 Å². The van der Waals surface area contributed by atoms with Gasteiger partial charge in [0.2, 0.25) is 0 Å². The van der Waals surface area contributed by atoms with E-state index in [1.807, 2.05) is 5.38 Å². The molecule has 3 rings (SSSR count). The second-order valence-electron chi connectivity index (χ2n) is 5.16. The molecule has 2 amide bonds. The van der Waals surface area contributed by atoms with E-state index >= 15 is 0 Å². The van der Waals surface area contributed by atoms with Gasteiger partial charge in [-0.25, -0.2) is 0 Å². The van der Waals surface area contributed by atoms with Crippen molar-refractivity contribution in [2.24, 2.45) is 0 Å². The Balaban J connectivity index is 1.79. The fourth-order valence-corrected chi connectivity index (χ4v) is 2.90. The van der Waals surface area contributed by atoms with Crippen LogP contribution in [0.25, 0.3) is 0 Å². The molecule has 0 atom stereocenters. The van der Waals surface area contributed by atoms with Gasteiger partial charge in [-0.1, -0.05) is 24.3 Å². The summed E-state index contributed by atoms with van der Waals surface area (Å²) in [6.07, 6.45) is 0. The topological polar surface area (TPSA) is 67.4 Å². The maximum absolute atomic E-state index is 12.6. The number of thiophene rings is 1. The summed E-state index contributed by atoms with van der Waals surface area (Å²) in [5.41, 5.74) is 1.46. The first kappa shape index (κ1) is 16.7. The summed E-state index contributed by atoms with van der Waals surface area (Å²) in [5.74, 6) is 0.101. The highest BCUT2D eigenvalue weighted by Gasteiger charge is 2.15. The molecule has 0 aliphatic heterocycles. The Labute approximate surface area is 149 Å². The van der Waals surface area contributed by atoms with Crippen LogP contribution in [0.4, 0.5) is 11.4 Å². The lowest BCUT2D eigenvalue weighted by Crippen LogP contribution is -2.17. The van der Waals surface area contributed by atoms with Crippen LogP contribution in [-0.2, 0) is 0 Å². The summed E-state index contributed by atoms with van der Waals surface area (Å²) >= 11 is 1.34. The molecule has 2 N–H and O–H groups in total. The average molecular weight is 352 g/mol. The van der Waals surface area contributed by atoms with Crippen LogP contribution < -0.4 is 15.4 Å². The molecule has 1 heterocycles. The molecule has 6 heteroatoms. The van der Waals surface area contributed by atoms with Crippen LogP contribution in [0.3, 0.4) is 0 Å². The summed E-state index contributed by atoms with van der Waals surface area (Å²) in [6.45, 7) is 0. The lowest BCUT2D eigenvalue weighted by atomic mass is 10.1. The van der Waals surface area contributed by atoms with Crippen LogP contribution in [0.1, 0.15) is 20.0 Å². The van der Waals surface area contributed by atoms with E-state index in [0.29, 0.717) is 27.6 Å². The van der Waals surface area contributed by atoms with Crippen molar-refractivity contribution in [3.63, 3.8) is 0 Å². The third-order valence-electron chi connectivity index (χ3n) is 3.49. The number of carbonyl (C=O) groups excluding carboxylic acids is 2. The Morgan fingerprint density at radius 2 is 1.76 bits per heavy atom. The van der Waals surface area contributed by atoms with Crippen molar-refractivity contribution in [1.29, 1.82) is 0 Å². The number of nitrogens with one attached hydrogen (secondary N) is 2. The number of anilines is 2. The van der Waals surface area contributed by atoms with E-state index in [9.17, 15) is 9.59 Å². The van der Waals surface area contributed by atoms with Crippen molar-refractivity contribution in [1.82, 2.24) is 0 Å². The highest BCUT2D eigenvalue weighted by molar-refractivity contribution is 7.12. The molecule has 0 aliphatic carbocycles. The average Bonchev–Trinajstić information content (AvgIpc) is 3.17. The zero-order valence-electron chi connectivity index (χ0n) is 13.5. The summed E-state index contributed by atoms with van der Waals surface area (Å²) in [6, 6.07) is 17.5. The molecule has 0 saturated heterocycles. The summed E-state index contributed by atoms with van der Waals surface area (Å²) in [7, 11) is 1.57. The minimum Gasteiger partial charge on any atom is -0.497 e. The first-order valence-electron chi connectivity index (χ1n) is 7.56. The fraction of sp³-hybridized carbons (Fsp3) is 0.0526. The molecule has 2 aromatic carbocycles. The number of rotatable bonds is 5. The number of ether oxygens (including phenoxy) is 1. The van der Waals surface area contributed by atoms with Gasteiger partial charge in [0.15, 0.2) is 0 Å². The number of hydrogen-bond acceptors (Lipinski definition) is 4. The third kappa shape index (κ3) is 4.05. The molecule has 126 valence electrons. The standard InChI is InChI=1S/C19H16N2O3S/c1-24-14-7-4-6-13(12-14)20-18(22)15-8-2-3-9-16(15)21-19(23)17-10-5-11-25-17/h2-12H,1H3,(H,20,22)(H,21,23). The molecule has 3 aromatic rings. The largest absolute Gasteiger partial charge is 0.497 e. The first-order chi connectivity index (χ1) is 12.2. The van der Waals surface area contributed by atoms with Gasteiger partial charge in [0.1, 0.15) is 5.75 Å². The van der Waals surface area contributed by atoms with Crippen LogP contribution >= 0.6 is 11.3 Å². The Bertz CT molecular complexity index is 891. The second kappa shape index (κ2) is 7.63. The van der Waals surface area contributed by atoms with Gasteiger partial charge in [0.25, 0.3) is 11.8 Å². The van der Waals surface area contributed by atoms with Gasteiger partial charge in [-0.2, -0.15) is 0 Å². The summed E-state index contributed by atoms with van der Waals surface area (Å²) in [4.78, 5) is 25.4. The molecule has 0 unspecified atom stereocenters. The lowest BCUT2D eigenvalue weighted by Gasteiger charge is -2.11. The third-order valence-corrected chi connectivity index (χ3v) is 4.36. The molecular formula is C19H16N2O3S. The van der Waals surface area contributed by atoms with Gasteiger partial charge in [-0.3, -0.25) is 9.59 Å². The quantitative estimate of drug-likeness (QED) is 0.721. The zero-order chi connectivity index (χ0) is 17.6. The van der Waals surface area contributed by atoms with E-state index < -0.39 is 0 Å². The normalized spacial score (nSPS) is 10.1.